The van der Waals surface area contributed by atoms with Gasteiger partial charge in [-0.2, -0.15) is 0 Å². The number of carbonyl (C=O) groups excluding carboxylic acids is 1. The third-order valence-electron chi connectivity index (χ3n) is 1.98. The predicted octanol–water partition coefficient (Wildman–Crippen LogP) is 3.26. The molecule has 0 heterocycles. The summed E-state index contributed by atoms with van der Waals surface area (Å²) in [6.07, 6.45) is 0.301. The highest BCUT2D eigenvalue weighted by molar-refractivity contribution is 6.42. The highest BCUT2D eigenvalue weighted by atomic mass is 35.5. The van der Waals surface area contributed by atoms with Crippen molar-refractivity contribution in [1.29, 1.82) is 0 Å². The van der Waals surface area contributed by atoms with Crippen molar-refractivity contribution in [3.63, 3.8) is 0 Å². The number of nitro benzene ring substituents is 1. The van der Waals surface area contributed by atoms with Crippen molar-refractivity contribution in [2.45, 2.75) is 13.3 Å². The van der Waals surface area contributed by atoms with Crippen LogP contribution in [0.3, 0.4) is 0 Å². The normalized spacial score (nSPS) is 10.1. The first kappa shape index (κ1) is 13.7. The summed E-state index contributed by atoms with van der Waals surface area (Å²) in [5, 5.41) is 10.9. The Morgan fingerprint density at radius 3 is 2.53 bits per heavy atom. The molecule has 0 amide bonds. The minimum atomic E-state index is -0.645. The Balaban J connectivity index is 3.00. The Morgan fingerprint density at radius 1 is 1.41 bits per heavy atom. The van der Waals surface area contributed by atoms with Gasteiger partial charge in [0.05, 0.1) is 15.0 Å². The second-order valence-corrected chi connectivity index (χ2v) is 3.99. The van der Waals surface area contributed by atoms with Crippen LogP contribution in [0, 0.1) is 10.1 Å². The molecule has 0 aliphatic carbocycles. The SMILES string of the molecule is CCC(=O)COc1cc(Cl)c(Cl)cc1[N+](=O)[O-]. The van der Waals surface area contributed by atoms with Crippen molar-refractivity contribution in [2.75, 3.05) is 6.61 Å². The van der Waals surface area contributed by atoms with Crippen LogP contribution in [0.5, 0.6) is 5.75 Å². The smallest absolute Gasteiger partial charge is 0.312 e. The topological polar surface area (TPSA) is 69.4 Å². The van der Waals surface area contributed by atoms with Crippen molar-refractivity contribution in [3.8, 4) is 5.75 Å². The molecule has 1 aromatic rings. The number of ether oxygens (including phenoxy) is 1. The molecule has 7 heteroatoms. The van der Waals surface area contributed by atoms with Crippen LogP contribution in [-0.2, 0) is 4.79 Å². The summed E-state index contributed by atoms with van der Waals surface area (Å²) < 4.78 is 5.05. The minimum Gasteiger partial charge on any atom is -0.479 e. The molecule has 0 N–H and O–H groups in total. The Bertz CT molecular complexity index is 462. The summed E-state index contributed by atoms with van der Waals surface area (Å²) in [5.41, 5.74) is -0.316. The van der Waals surface area contributed by atoms with Crippen LogP contribution in [0.15, 0.2) is 12.1 Å². The number of benzene rings is 1. The number of ketones is 1. The van der Waals surface area contributed by atoms with Gasteiger partial charge < -0.3 is 4.74 Å². The third-order valence-corrected chi connectivity index (χ3v) is 2.70. The number of nitrogens with zero attached hydrogens (tertiary/aromatic N) is 1. The standard InChI is InChI=1S/C10H9Cl2NO4/c1-2-6(14)5-17-10-4-8(12)7(11)3-9(10)13(15)16/h3-4H,2,5H2,1H3. The zero-order valence-corrected chi connectivity index (χ0v) is 10.4. The zero-order chi connectivity index (χ0) is 13.0. The van der Waals surface area contributed by atoms with E-state index in [0.29, 0.717) is 6.42 Å². The molecule has 92 valence electrons. The van der Waals surface area contributed by atoms with E-state index in [4.69, 9.17) is 27.9 Å². The van der Waals surface area contributed by atoms with Gasteiger partial charge in [0.15, 0.2) is 11.5 Å². The maximum absolute atomic E-state index is 11.1. The van der Waals surface area contributed by atoms with E-state index in [2.05, 4.69) is 0 Å². The number of rotatable bonds is 5. The van der Waals surface area contributed by atoms with E-state index in [-0.39, 0.29) is 33.9 Å². The fourth-order valence-electron chi connectivity index (χ4n) is 1.04. The number of nitro groups is 1. The van der Waals surface area contributed by atoms with E-state index < -0.39 is 4.92 Å². The molecular weight excluding hydrogens is 269 g/mol. The van der Waals surface area contributed by atoms with Gasteiger partial charge in [-0.1, -0.05) is 30.1 Å². The van der Waals surface area contributed by atoms with Gasteiger partial charge in [0, 0.05) is 18.6 Å². The first-order valence-electron chi connectivity index (χ1n) is 4.73. The predicted molar refractivity (Wildman–Crippen MR) is 63.9 cm³/mol. The van der Waals surface area contributed by atoms with Crippen LogP contribution < -0.4 is 4.74 Å². The quantitative estimate of drug-likeness (QED) is 0.612. The molecule has 0 bridgehead atoms. The van der Waals surface area contributed by atoms with Crippen LogP contribution in [0.4, 0.5) is 5.69 Å². The monoisotopic (exact) mass is 277 g/mol. The molecule has 0 spiro atoms. The summed E-state index contributed by atoms with van der Waals surface area (Å²) in [4.78, 5) is 21.2. The van der Waals surface area contributed by atoms with Gasteiger partial charge in [-0.25, -0.2) is 0 Å². The maximum Gasteiger partial charge on any atom is 0.312 e. The Morgan fingerprint density at radius 2 is 2.00 bits per heavy atom. The van der Waals surface area contributed by atoms with E-state index in [1.165, 1.54) is 6.07 Å². The van der Waals surface area contributed by atoms with E-state index in [0.717, 1.165) is 6.07 Å². The van der Waals surface area contributed by atoms with E-state index >= 15 is 0 Å². The minimum absolute atomic E-state index is 0.0625. The van der Waals surface area contributed by atoms with Crippen molar-refractivity contribution in [1.82, 2.24) is 0 Å². The van der Waals surface area contributed by atoms with Gasteiger partial charge in [0.25, 0.3) is 0 Å². The van der Waals surface area contributed by atoms with Gasteiger partial charge in [0.2, 0.25) is 0 Å². The maximum atomic E-state index is 11.1. The summed E-state index contributed by atoms with van der Waals surface area (Å²) >= 11 is 11.4. The lowest BCUT2D eigenvalue weighted by molar-refractivity contribution is -0.385. The Labute approximate surface area is 107 Å². The van der Waals surface area contributed by atoms with Crippen molar-refractivity contribution in [2.24, 2.45) is 0 Å². The molecule has 0 fully saturated rings. The molecule has 0 saturated carbocycles. The summed E-state index contributed by atoms with van der Waals surface area (Å²) in [6, 6.07) is 2.32. The number of hydrogen-bond donors (Lipinski definition) is 0. The molecule has 0 aliphatic heterocycles. The average Bonchev–Trinajstić information content (AvgIpc) is 2.29. The second-order valence-electron chi connectivity index (χ2n) is 3.17. The molecular formula is C10H9Cl2NO4. The first-order valence-corrected chi connectivity index (χ1v) is 5.49. The zero-order valence-electron chi connectivity index (χ0n) is 8.91. The van der Waals surface area contributed by atoms with Crippen molar-refractivity contribution < 1.29 is 14.5 Å². The molecule has 1 aromatic carbocycles. The van der Waals surface area contributed by atoms with E-state index in [1.54, 1.807) is 6.92 Å². The number of carbonyl (C=O) groups is 1. The van der Waals surface area contributed by atoms with Gasteiger partial charge in [-0.3, -0.25) is 14.9 Å². The molecule has 0 aromatic heterocycles. The van der Waals surface area contributed by atoms with Gasteiger partial charge in [0.1, 0.15) is 6.61 Å². The molecule has 0 aliphatic rings. The highest BCUT2D eigenvalue weighted by Crippen LogP contribution is 2.35. The molecule has 0 saturated heterocycles. The summed E-state index contributed by atoms with van der Waals surface area (Å²) in [5.74, 6) is -0.225. The third kappa shape index (κ3) is 3.57. The average molecular weight is 278 g/mol. The molecule has 5 nitrogen and oxygen atoms in total. The van der Waals surface area contributed by atoms with E-state index in [9.17, 15) is 14.9 Å². The number of halogens is 2. The van der Waals surface area contributed by atoms with Crippen LogP contribution >= 0.6 is 23.2 Å². The van der Waals surface area contributed by atoms with Crippen LogP contribution in [0.1, 0.15) is 13.3 Å². The number of Topliss-reactive ketones (excluding diaryl/α,β-unsaturated/α-hetero) is 1. The van der Waals surface area contributed by atoms with Crippen molar-refractivity contribution >= 4 is 34.7 Å². The molecule has 0 atom stereocenters. The summed E-state index contributed by atoms with van der Waals surface area (Å²) in [6.45, 7) is 1.45. The summed E-state index contributed by atoms with van der Waals surface area (Å²) in [7, 11) is 0. The largest absolute Gasteiger partial charge is 0.479 e. The molecule has 17 heavy (non-hydrogen) atoms. The second kappa shape index (κ2) is 5.84. The first-order chi connectivity index (χ1) is 7.95. The molecule has 0 radical (unpaired) electrons. The molecule has 1 rings (SSSR count). The molecule has 0 unspecified atom stereocenters. The highest BCUT2D eigenvalue weighted by Gasteiger charge is 2.18. The lowest BCUT2D eigenvalue weighted by Crippen LogP contribution is -2.10. The van der Waals surface area contributed by atoms with Crippen LogP contribution in [0.2, 0.25) is 10.0 Å². The van der Waals surface area contributed by atoms with Crippen LogP contribution in [-0.4, -0.2) is 17.3 Å². The Kier molecular flexibility index (Phi) is 4.72. The van der Waals surface area contributed by atoms with Gasteiger partial charge >= 0.3 is 5.69 Å². The fourth-order valence-corrected chi connectivity index (χ4v) is 1.35. The van der Waals surface area contributed by atoms with Gasteiger partial charge in [-0.15, -0.1) is 0 Å². The lowest BCUT2D eigenvalue weighted by atomic mass is 10.3. The van der Waals surface area contributed by atoms with Crippen molar-refractivity contribution in [3.05, 3.63) is 32.3 Å². The van der Waals surface area contributed by atoms with Gasteiger partial charge in [-0.05, 0) is 0 Å². The lowest BCUT2D eigenvalue weighted by Gasteiger charge is -2.06. The number of hydrogen-bond acceptors (Lipinski definition) is 4. The van der Waals surface area contributed by atoms with Crippen LogP contribution in [0.25, 0.3) is 0 Å². The van der Waals surface area contributed by atoms with E-state index in [1.807, 2.05) is 0 Å². The Hall–Kier alpha value is -1.33. The fraction of sp³-hybridized carbons (Fsp3) is 0.300.